The molecule has 5 aromatic rings. The molecule has 0 bridgehead atoms. The minimum absolute atomic E-state index is 0.856. The summed E-state index contributed by atoms with van der Waals surface area (Å²) in [4.78, 5) is 0. The number of aliphatic hydroxyl groups is 1. The first kappa shape index (κ1) is 13.8. The number of hydrogen-bond acceptors (Lipinski definition) is 1. The van der Waals surface area contributed by atoms with Crippen molar-refractivity contribution in [2.75, 3.05) is 0 Å². The van der Waals surface area contributed by atoms with Gasteiger partial charge in [-0.25, -0.2) is 0 Å². The molecule has 1 heteroatoms. The fraction of sp³-hybridized carbons (Fsp3) is 0.130. The SMILES string of the molecule is CC(C)(O)c1cc2cccc3c4cccc5cccc(c(c1)c23)c54. The summed E-state index contributed by atoms with van der Waals surface area (Å²) in [5.41, 5.74) is 0.101. The van der Waals surface area contributed by atoms with Crippen molar-refractivity contribution >= 4 is 43.1 Å². The van der Waals surface area contributed by atoms with Gasteiger partial charge in [0.1, 0.15) is 0 Å². The van der Waals surface area contributed by atoms with Crippen LogP contribution in [-0.2, 0) is 5.60 Å². The first-order valence-electron chi connectivity index (χ1n) is 8.36. The Morgan fingerprint density at radius 1 is 0.625 bits per heavy atom. The molecule has 0 radical (unpaired) electrons. The molecule has 0 saturated heterocycles. The van der Waals surface area contributed by atoms with Crippen molar-refractivity contribution in [3.05, 3.63) is 72.3 Å². The average molecular weight is 310 g/mol. The van der Waals surface area contributed by atoms with Crippen LogP contribution in [0.4, 0.5) is 0 Å². The highest BCUT2D eigenvalue weighted by molar-refractivity contribution is 6.32. The largest absolute Gasteiger partial charge is 0.386 e. The molecular weight excluding hydrogens is 292 g/mol. The van der Waals surface area contributed by atoms with Crippen LogP contribution in [-0.4, -0.2) is 5.11 Å². The lowest BCUT2D eigenvalue weighted by molar-refractivity contribution is 0.0788. The predicted octanol–water partition coefficient (Wildman–Crippen LogP) is 5.96. The smallest absolute Gasteiger partial charge is 0.0840 e. The molecule has 5 aromatic carbocycles. The van der Waals surface area contributed by atoms with E-state index in [1.165, 1.54) is 43.1 Å². The summed E-state index contributed by atoms with van der Waals surface area (Å²) in [6.45, 7) is 3.70. The van der Waals surface area contributed by atoms with Gasteiger partial charge in [0.15, 0.2) is 0 Å². The Hall–Kier alpha value is -2.64. The predicted molar refractivity (Wildman–Crippen MR) is 103 cm³/mol. The molecular formula is C23H18O. The normalized spacial score (nSPS) is 12.8. The van der Waals surface area contributed by atoms with Crippen LogP contribution in [0, 0.1) is 0 Å². The molecule has 0 unspecified atom stereocenters. The van der Waals surface area contributed by atoms with E-state index in [9.17, 15) is 5.11 Å². The Bertz CT molecular complexity index is 1220. The van der Waals surface area contributed by atoms with Crippen molar-refractivity contribution in [3.8, 4) is 0 Å². The second-order valence-electron chi connectivity index (χ2n) is 7.20. The molecule has 24 heavy (non-hydrogen) atoms. The maximum atomic E-state index is 10.5. The summed E-state index contributed by atoms with van der Waals surface area (Å²) in [6, 6.07) is 23.8. The Morgan fingerprint density at radius 3 is 1.71 bits per heavy atom. The third kappa shape index (κ3) is 1.73. The van der Waals surface area contributed by atoms with Gasteiger partial charge >= 0.3 is 0 Å². The van der Waals surface area contributed by atoms with Crippen LogP contribution in [0.15, 0.2) is 66.7 Å². The molecule has 116 valence electrons. The maximum absolute atomic E-state index is 10.5. The van der Waals surface area contributed by atoms with Crippen molar-refractivity contribution in [1.29, 1.82) is 0 Å². The van der Waals surface area contributed by atoms with Gasteiger partial charge in [0.25, 0.3) is 0 Å². The number of rotatable bonds is 1. The van der Waals surface area contributed by atoms with E-state index < -0.39 is 5.60 Å². The van der Waals surface area contributed by atoms with Gasteiger partial charge in [-0.3, -0.25) is 0 Å². The van der Waals surface area contributed by atoms with Crippen molar-refractivity contribution in [1.82, 2.24) is 0 Å². The van der Waals surface area contributed by atoms with Gasteiger partial charge in [0.05, 0.1) is 5.60 Å². The van der Waals surface area contributed by atoms with Gasteiger partial charge in [-0.1, -0.05) is 54.6 Å². The van der Waals surface area contributed by atoms with Gasteiger partial charge in [0, 0.05) is 0 Å². The summed E-state index contributed by atoms with van der Waals surface area (Å²) >= 11 is 0. The Labute approximate surface area is 140 Å². The Morgan fingerprint density at radius 2 is 1.12 bits per heavy atom. The fourth-order valence-corrected chi connectivity index (χ4v) is 4.01. The average Bonchev–Trinajstić information content (AvgIpc) is 2.58. The van der Waals surface area contributed by atoms with E-state index in [4.69, 9.17) is 0 Å². The zero-order chi connectivity index (χ0) is 16.5. The number of fused-ring (bicyclic) bond motifs is 2. The third-order valence-corrected chi connectivity index (χ3v) is 5.17. The second-order valence-corrected chi connectivity index (χ2v) is 7.20. The van der Waals surface area contributed by atoms with Crippen LogP contribution in [0.3, 0.4) is 0 Å². The zero-order valence-corrected chi connectivity index (χ0v) is 13.8. The molecule has 5 rings (SSSR count). The monoisotopic (exact) mass is 310 g/mol. The highest BCUT2D eigenvalue weighted by atomic mass is 16.3. The maximum Gasteiger partial charge on any atom is 0.0840 e. The molecule has 0 fully saturated rings. The number of hydrogen-bond donors (Lipinski definition) is 1. The lowest BCUT2D eigenvalue weighted by atomic mass is 9.86. The molecule has 0 atom stereocenters. The highest BCUT2D eigenvalue weighted by Crippen LogP contribution is 2.41. The van der Waals surface area contributed by atoms with Crippen LogP contribution >= 0.6 is 0 Å². The van der Waals surface area contributed by atoms with Gasteiger partial charge in [-0.05, 0) is 74.6 Å². The molecule has 1 nitrogen and oxygen atoms in total. The van der Waals surface area contributed by atoms with Crippen molar-refractivity contribution in [2.24, 2.45) is 0 Å². The van der Waals surface area contributed by atoms with Crippen LogP contribution in [0.5, 0.6) is 0 Å². The minimum Gasteiger partial charge on any atom is -0.386 e. The van der Waals surface area contributed by atoms with Crippen LogP contribution in [0.2, 0.25) is 0 Å². The summed E-state index contributed by atoms with van der Waals surface area (Å²) in [5.74, 6) is 0. The third-order valence-electron chi connectivity index (χ3n) is 5.17. The van der Waals surface area contributed by atoms with Crippen LogP contribution < -0.4 is 0 Å². The first-order chi connectivity index (χ1) is 11.5. The first-order valence-corrected chi connectivity index (χ1v) is 8.36. The van der Waals surface area contributed by atoms with Crippen molar-refractivity contribution in [3.63, 3.8) is 0 Å². The molecule has 0 aromatic heterocycles. The standard InChI is InChI=1S/C23H18O/c1-23(2,24)16-12-15-8-5-10-18-17-9-3-6-14-7-4-11-19(21(14)17)20(13-16)22(15)18/h3-13,24H,1-2H3. The van der Waals surface area contributed by atoms with E-state index in [-0.39, 0.29) is 0 Å². The van der Waals surface area contributed by atoms with E-state index in [0.717, 1.165) is 5.56 Å². The van der Waals surface area contributed by atoms with E-state index >= 15 is 0 Å². The number of benzene rings is 5. The quantitative estimate of drug-likeness (QED) is 0.299. The molecule has 0 aliphatic rings. The van der Waals surface area contributed by atoms with E-state index in [0.29, 0.717) is 0 Å². The van der Waals surface area contributed by atoms with E-state index in [1.54, 1.807) is 0 Å². The van der Waals surface area contributed by atoms with Crippen molar-refractivity contribution < 1.29 is 5.11 Å². The summed E-state index contributed by atoms with van der Waals surface area (Å²) in [5, 5.41) is 20.7. The molecule has 0 amide bonds. The fourth-order valence-electron chi connectivity index (χ4n) is 4.01. The summed E-state index contributed by atoms with van der Waals surface area (Å²) < 4.78 is 0. The Kier molecular flexibility index (Phi) is 2.56. The lowest BCUT2D eigenvalue weighted by Crippen LogP contribution is -2.15. The molecule has 1 N–H and O–H groups in total. The topological polar surface area (TPSA) is 20.2 Å². The van der Waals surface area contributed by atoms with E-state index in [1.807, 2.05) is 13.8 Å². The van der Waals surface area contributed by atoms with Gasteiger partial charge in [-0.15, -0.1) is 0 Å². The van der Waals surface area contributed by atoms with Gasteiger partial charge < -0.3 is 5.11 Å². The molecule has 0 heterocycles. The summed E-state index contributed by atoms with van der Waals surface area (Å²) in [6.07, 6.45) is 0. The van der Waals surface area contributed by atoms with Gasteiger partial charge in [-0.2, -0.15) is 0 Å². The van der Waals surface area contributed by atoms with Crippen molar-refractivity contribution in [2.45, 2.75) is 19.4 Å². The molecule has 0 aliphatic heterocycles. The lowest BCUT2D eigenvalue weighted by Gasteiger charge is -2.21. The second kappa shape index (κ2) is 4.46. The van der Waals surface area contributed by atoms with Gasteiger partial charge in [0.2, 0.25) is 0 Å². The van der Waals surface area contributed by atoms with Crippen LogP contribution in [0.25, 0.3) is 43.1 Å². The highest BCUT2D eigenvalue weighted by Gasteiger charge is 2.19. The molecule has 0 aliphatic carbocycles. The Balaban J connectivity index is 2.16. The van der Waals surface area contributed by atoms with Crippen LogP contribution in [0.1, 0.15) is 19.4 Å². The van der Waals surface area contributed by atoms with E-state index in [2.05, 4.69) is 66.7 Å². The minimum atomic E-state index is -0.856. The molecule has 0 spiro atoms. The summed E-state index contributed by atoms with van der Waals surface area (Å²) in [7, 11) is 0. The zero-order valence-electron chi connectivity index (χ0n) is 13.8. The molecule has 0 saturated carbocycles.